The number of nitrogens with zero attached hydrogens (tertiary/aromatic N) is 1. The first-order valence-electron chi connectivity index (χ1n) is 13.0. The Kier molecular flexibility index (Phi) is 7.38. The summed E-state index contributed by atoms with van der Waals surface area (Å²) in [4.78, 5) is 13.3. The molecule has 2 atom stereocenters. The van der Waals surface area contributed by atoms with Crippen molar-refractivity contribution in [2.24, 2.45) is 0 Å². The molecule has 1 N–H and O–H groups in total. The molecule has 0 bridgehead atoms. The largest absolute Gasteiger partial charge is 0.489 e. The number of anilines is 2. The maximum atomic E-state index is 14.3. The molecule has 0 saturated heterocycles. The predicted molar refractivity (Wildman–Crippen MR) is 154 cm³/mol. The predicted octanol–water partition coefficient (Wildman–Crippen LogP) is 6.84. The van der Waals surface area contributed by atoms with Gasteiger partial charge in [-0.15, -0.1) is 0 Å². The second-order valence-corrected chi connectivity index (χ2v) is 12.8. The van der Waals surface area contributed by atoms with E-state index in [9.17, 15) is 22.7 Å². The maximum Gasteiger partial charge on any atom is 0.335 e. The lowest BCUT2D eigenvalue weighted by Gasteiger charge is -2.32. The summed E-state index contributed by atoms with van der Waals surface area (Å²) < 4.78 is 48.9. The maximum absolute atomic E-state index is 14.3. The van der Waals surface area contributed by atoms with Crippen LogP contribution in [0.5, 0.6) is 5.75 Å². The van der Waals surface area contributed by atoms with E-state index in [0.29, 0.717) is 33.8 Å². The Morgan fingerprint density at radius 1 is 0.975 bits per heavy atom. The van der Waals surface area contributed by atoms with Crippen LogP contribution in [0, 0.1) is 12.7 Å². The molecular weight excluding hydrogens is 529 g/mol. The summed E-state index contributed by atoms with van der Waals surface area (Å²) in [6, 6.07) is 26.0. The fraction of sp³-hybridized carbons (Fsp3) is 0.219. The van der Waals surface area contributed by atoms with E-state index in [1.807, 2.05) is 48.5 Å². The molecule has 8 heteroatoms. The summed E-state index contributed by atoms with van der Waals surface area (Å²) in [6.45, 7) is 5.20. The summed E-state index contributed by atoms with van der Waals surface area (Å²) in [5.41, 5.74) is 3.95. The van der Waals surface area contributed by atoms with Gasteiger partial charge in [0.05, 0.1) is 16.5 Å². The standard InChI is InChI=1S/C32H30FNO5S/c1-20(2)40(37,38)31-29(23-12-14-24(15-13-23)32(35)36)30-27(34(31)25-16-17-26(33)21(3)18-25)10-7-11-28(30)39-19-22-8-5-4-6-9-22/h4-18,20,29,31H,19H2,1-3H3,(H,35,36). The number of hydrogen-bond acceptors (Lipinski definition) is 5. The highest BCUT2D eigenvalue weighted by Crippen LogP contribution is 2.54. The number of sulfone groups is 1. The van der Waals surface area contributed by atoms with E-state index < -0.39 is 32.3 Å². The fourth-order valence-electron chi connectivity index (χ4n) is 5.19. The number of carbonyl (C=O) groups is 1. The third-order valence-electron chi connectivity index (χ3n) is 7.32. The molecule has 40 heavy (non-hydrogen) atoms. The van der Waals surface area contributed by atoms with Crippen molar-refractivity contribution in [2.75, 3.05) is 4.90 Å². The van der Waals surface area contributed by atoms with Crippen LogP contribution in [0.4, 0.5) is 15.8 Å². The molecule has 1 aliphatic rings. The Hall–Kier alpha value is -4.17. The van der Waals surface area contributed by atoms with Gasteiger partial charge in [0.1, 0.15) is 23.5 Å². The lowest BCUT2D eigenvalue weighted by Crippen LogP contribution is -2.42. The molecule has 0 aliphatic carbocycles. The van der Waals surface area contributed by atoms with Gasteiger partial charge in [-0.1, -0.05) is 48.5 Å². The molecule has 1 aliphatic heterocycles. The van der Waals surface area contributed by atoms with Crippen molar-refractivity contribution in [1.29, 1.82) is 0 Å². The highest BCUT2D eigenvalue weighted by molar-refractivity contribution is 7.92. The third kappa shape index (κ3) is 4.95. The minimum atomic E-state index is -3.81. The molecule has 2 unspecified atom stereocenters. The lowest BCUT2D eigenvalue weighted by molar-refractivity contribution is 0.0697. The Labute approximate surface area is 233 Å². The van der Waals surface area contributed by atoms with Crippen molar-refractivity contribution in [3.8, 4) is 5.75 Å². The molecule has 0 saturated carbocycles. The van der Waals surface area contributed by atoms with Crippen LogP contribution in [0.15, 0.2) is 91.0 Å². The zero-order valence-electron chi connectivity index (χ0n) is 22.4. The smallest absolute Gasteiger partial charge is 0.335 e. The number of rotatable bonds is 8. The van der Waals surface area contributed by atoms with Gasteiger partial charge in [0.15, 0.2) is 9.84 Å². The number of carboxylic acids is 1. The fourth-order valence-corrected chi connectivity index (χ4v) is 6.95. The summed E-state index contributed by atoms with van der Waals surface area (Å²) in [5, 5.41) is 7.66. The van der Waals surface area contributed by atoms with E-state index in [1.165, 1.54) is 18.2 Å². The van der Waals surface area contributed by atoms with Crippen LogP contribution >= 0.6 is 0 Å². The van der Waals surface area contributed by atoms with Gasteiger partial charge in [0, 0.05) is 17.2 Å². The highest BCUT2D eigenvalue weighted by Gasteiger charge is 2.50. The van der Waals surface area contributed by atoms with Gasteiger partial charge < -0.3 is 14.7 Å². The van der Waals surface area contributed by atoms with Crippen LogP contribution in [0.3, 0.4) is 0 Å². The number of halogens is 1. The zero-order valence-corrected chi connectivity index (χ0v) is 23.2. The Bertz CT molecular complexity index is 1650. The normalized spacial score (nSPS) is 16.7. The van der Waals surface area contributed by atoms with Crippen molar-refractivity contribution in [3.63, 3.8) is 0 Å². The van der Waals surface area contributed by atoms with Gasteiger partial charge in [-0.3, -0.25) is 0 Å². The number of benzene rings is 4. The van der Waals surface area contributed by atoms with Crippen molar-refractivity contribution < 1.29 is 27.4 Å². The molecular formula is C32H30FNO5S. The Balaban J connectivity index is 1.75. The molecule has 0 fully saturated rings. The SMILES string of the molecule is Cc1cc(N2c3cccc(OCc4ccccc4)c3C(c3ccc(C(=O)O)cc3)C2S(=O)(=O)C(C)C)ccc1F. The number of aryl methyl sites for hydroxylation is 1. The summed E-state index contributed by atoms with van der Waals surface area (Å²) in [7, 11) is -3.81. The summed E-state index contributed by atoms with van der Waals surface area (Å²) >= 11 is 0. The summed E-state index contributed by atoms with van der Waals surface area (Å²) in [6.07, 6.45) is 0. The average molecular weight is 560 g/mol. The van der Waals surface area contributed by atoms with Crippen LogP contribution in [0.1, 0.15) is 52.4 Å². The van der Waals surface area contributed by atoms with Crippen LogP contribution in [0.2, 0.25) is 0 Å². The second kappa shape index (κ2) is 10.8. The van der Waals surface area contributed by atoms with Crippen molar-refractivity contribution in [1.82, 2.24) is 0 Å². The van der Waals surface area contributed by atoms with Gasteiger partial charge in [-0.05, 0) is 79.9 Å². The second-order valence-electron chi connectivity index (χ2n) is 10.2. The van der Waals surface area contributed by atoms with Crippen LogP contribution in [0.25, 0.3) is 0 Å². The highest BCUT2D eigenvalue weighted by atomic mass is 32.2. The van der Waals surface area contributed by atoms with Crippen molar-refractivity contribution in [3.05, 3.63) is 125 Å². The molecule has 0 aromatic heterocycles. The van der Waals surface area contributed by atoms with E-state index in [0.717, 1.165) is 5.56 Å². The van der Waals surface area contributed by atoms with Crippen molar-refractivity contribution in [2.45, 2.75) is 43.9 Å². The van der Waals surface area contributed by atoms with Gasteiger partial charge >= 0.3 is 5.97 Å². The van der Waals surface area contributed by atoms with Gasteiger partial charge in [-0.25, -0.2) is 17.6 Å². The minimum Gasteiger partial charge on any atom is -0.489 e. The molecule has 5 rings (SSSR count). The van der Waals surface area contributed by atoms with E-state index in [-0.39, 0.29) is 18.0 Å². The lowest BCUT2D eigenvalue weighted by atomic mass is 9.91. The molecule has 0 amide bonds. The Morgan fingerprint density at radius 3 is 2.30 bits per heavy atom. The monoisotopic (exact) mass is 559 g/mol. The number of ether oxygens (including phenoxy) is 1. The molecule has 0 spiro atoms. The number of aromatic carboxylic acids is 1. The number of carboxylic acid groups (broad SMARTS) is 1. The molecule has 4 aromatic carbocycles. The van der Waals surface area contributed by atoms with Crippen LogP contribution < -0.4 is 9.64 Å². The quantitative estimate of drug-likeness (QED) is 0.254. The van der Waals surface area contributed by atoms with Crippen molar-refractivity contribution >= 4 is 27.2 Å². The molecule has 6 nitrogen and oxygen atoms in total. The van der Waals surface area contributed by atoms with E-state index >= 15 is 0 Å². The molecule has 0 radical (unpaired) electrons. The first-order valence-corrected chi connectivity index (χ1v) is 14.6. The number of hydrogen-bond donors (Lipinski definition) is 1. The van der Waals surface area contributed by atoms with E-state index in [4.69, 9.17) is 4.74 Å². The van der Waals surface area contributed by atoms with Crippen LogP contribution in [-0.4, -0.2) is 30.1 Å². The van der Waals surface area contributed by atoms with Gasteiger partial charge in [-0.2, -0.15) is 0 Å². The number of fused-ring (bicyclic) bond motifs is 1. The Morgan fingerprint density at radius 2 is 1.68 bits per heavy atom. The topological polar surface area (TPSA) is 83.9 Å². The third-order valence-corrected chi connectivity index (χ3v) is 9.79. The first kappa shape index (κ1) is 27.4. The van der Waals surface area contributed by atoms with Gasteiger partial charge in [0.25, 0.3) is 0 Å². The average Bonchev–Trinajstić information content (AvgIpc) is 3.30. The molecule has 206 valence electrons. The first-order chi connectivity index (χ1) is 19.1. The zero-order chi connectivity index (χ0) is 28.6. The van der Waals surface area contributed by atoms with Gasteiger partial charge in [0.2, 0.25) is 0 Å². The minimum absolute atomic E-state index is 0.102. The van der Waals surface area contributed by atoms with Crippen LogP contribution in [-0.2, 0) is 16.4 Å². The van der Waals surface area contributed by atoms with E-state index in [2.05, 4.69) is 0 Å². The molecule has 4 aromatic rings. The molecule has 1 heterocycles. The van der Waals surface area contributed by atoms with E-state index in [1.54, 1.807) is 49.9 Å². The summed E-state index contributed by atoms with van der Waals surface area (Å²) in [5.74, 6) is -1.63.